The fourth-order valence-electron chi connectivity index (χ4n) is 2.43. The molecule has 0 aliphatic carbocycles. The van der Waals surface area contributed by atoms with Crippen molar-refractivity contribution >= 4 is 17.5 Å². The quantitative estimate of drug-likeness (QED) is 0.670. The lowest BCUT2D eigenvalue weighted by Crippen LogP contribution is -2.34. The minimum atomic E-state index is -0.256. The molecule has 0 atom stereocenters. The van der Waals surface area contributed by atoms with Crippen molar-refractivity contribution in [3.63, 3.8) is 0 Å². The third-order valence-electron chi connectivity index (χ3n) is 3.84. The predicted molar refractivity (Wildman–Crippen MR) is 96.8 cm³/mol. The molecule has 8 nitrogen and oxygen atoms in total. The highest BCUT2D eigenvalue weighted by Gasteiger charge is 2.18. The lowest BCUT2D eigenvalue weighted by atomic mass is 10.3. The van der Waals surface area contributed by atoms with Gasteiger partial charge in [-0.15, -0.1) is 0 Å². The Morgan fingerprint density at radius 1 is 1.19 bits per heavy atom. The molecule has 0 aliphatic heterocycles. The molecule has 2 aromatic heterocycles. The minimum absolute atomic E-state index is 0.134. The first-order chi connectivity index (χ1) is 12.7. The number of aliphatic hydroxyl groups excluding tert-OH is 1. The number of carbonyl (C=O) groups excluding carboxylic acids is 1. The lowest BCUT2D eigenvalue weighted by Gasteiger charge is -2.21. The van der Waals surface area contributed by atoms with E-state index in [2.05, 4.69) is 20.3 Å². The summed E-state index contributed by atoms with van der Waals surface area (Å²) in [6.07, 6.45) is 6.43. The number of rotatable bonds is 7. The number of hydrogen-bond donors (Lipinski definition) is 2. The molecule has 3 rings (SSSR count). The van der Waals surface area contributed by atoms with E-state index in [0.29, 0.717) is 18.1 Å². The summed E-state index contributed by atoms with van der Waals surface area (Å²) in [5.74, 6) is 0.883. The molecule has 0 radical (unpaired) electrons. The van der Waals surface area contributed by atoms with Gasteiger partial charge < -0.3 is 19.9 Å². The molecule has 8 heteroatoms. The molecular formula is C18H20N6O2. The Hall–Kier alpha value is -3.26. The van der Waals surface area contributed by atoms with E-state index in [0.717, 1.165) is 11.5 Å². The summed E-state index contributed by atoms with van der Waals surface area (Å²) >= 11 is 0. The highest BCUT2D eigenvalue weighted by atomic mass is 16.3. The number of nitrogens with one attached hydrogen (secondary N) is 1. The van der Waals surface area contributed by atoms with Crippen LogP contribution in [0, 0.1) is 0 Å². The van der Waals surface area contributed by atoms with Crippen molar-refractivity contribution < 1.29 is 9.90 Å². The van der Waals surface area contributed by atoms with E-state index in [1.165, 1.54) is 17.3 Å². The number of benzene rings is 1. The maximum Gasteiger partial charge on any atom is 0.257 e. The van der Waals surface area contributed by atoms with Gasteiger partial charge in [0.15, 0.2) is 0 Å². The Bertz CT molecular complexity index is 848. The molecule has 2 N–H and O–H groups in total. The van der Waals surface area contributed by atoms with Gasteiger partial charge in [0.25, 0.3) is 5.91 Å². The Morgan fingerprint density at radius 2 is 1.92 bits per heavy atom. The molecule has 134 valence electrons. The number of amides is 1. The molecule has 2 heterocycles. The summed E-state index contributed by atoms with van der Waals surface area (Å²) in [5.41, 5.74) is 1.22. The fourth-order valence-corrected chi connectivity index (χ4v) is 2.43. The van der Waals surface area contributed by atoms with E-state index in [1.54, 1.807) is 6.20 Å². The lowest BCUT2D eigenvalue weighted by molar-refractivity contribution is 0.0700. The number of imidazole rings is 1. The Kier molecular flexibility index (Phi) is 5.55. The zero-order valence-corrected chi connectivity index (χ0v) is 14.4. The molecule has 0 aliphatic rings. The van der Waals surface area contributed by atoms with Gasteiger partial charge in [-0.1, -0.05) is 18.2 Å². The fraction of sp³-hybridized carbons (Fsp3) is 0.222. The predicted octanol–water partition coefficient (Wildman–Crippen LogP) is 1.59. The van der Waals surface area contributed by atoms with E-state index >= 15 is 0 Å². The maximum atomic E-state index is 12.7. The maximum absolute atomic E-state index is 12.7. The van der Waals surface area contributed by atoms with Crippen LogP contribution in [-0.2, 0) is 13.6 Å². The number of aryl methyl sites for hydroxylation is 1. The van der Waals surface area contributed by atoms with E-state index < -0.39 is 0 Å². The molecule has 0 saturated carbocycles. The first kappa shape index (κ1) is 17.6. The smallest absolute Gasteiger partial charge is 0.257 e. The Morgan fingerprint density at radius 3 is 2.54 bits per heavy atom. The second-order valence-electron chi connectivity index (χ2n) is 5.69. The van der Waals surface area contributed by atoms with E-state index in [1.807, 2.05) is 48.1 Å². The molecular weight excluding hydrogens is 332 g/mol. The van der Waals surface area contributed by atoms with Gasteiger partial charge >= 0.3 is 0 Å². The van der Waals surface area contributed by atoms with Crippen molar-refractivity contribution in [2.24, 2.45) is 7.05 Å². The molecule has 0 bridgehead atoms. The molecule has 0 saturated heterocycles. The van der Waals surface area contributed by atoms with Crippen molar-refractivity contribution in [2.75, 3.05) is 18.5 Å². The first-order valence-electron chi connectivity index (χ1n) is 8.18. The number of aliphatic hydroxyl groups is 1. The highest BCUT2D eigenvalue weighted by Crippen LogP contribution is 2.13. The number of aromatic nitrogens is 4. The average Bonchev–Trinajstić information content (AvgIpc) is 3.07. The van der Waals surface area contributed by atoms with Crippen molar-refractivity contribution in [3.05, 3.63) is 66.5 Å². The largest absolute Gasteiger partial charge is 0.395 e. The Labute approximate surface area is 151 Å². The third-order valence-corrected chi connectivity index (χ3v) is 3.84. The summed E-state index contributed by atoms with van der Waals surface area (Å²) in [7, 11) is 1.86. The summed E-state index contributed by atoms with van der Waals surface area (Å²) in [6, 6.07) is 9.54. The first-order valence-corrected chi connectivity index (χ1v) is 8.18. The Balaban J connectivity index is 1.71. The van der Waals surface area contributed by atoms with Gasteiger partial charge in [-0.2, -0.15) is 0 Å². The van der Waals surface area contributed by atoms with Crippen molar-refractivity contribution in [1.82, 2.24) is 24.4 Å². The van der Waals surface area contributed by atoms with Crippen LogP contribution >= 0.6 is 0 Å². The van der Waals surface area contributed by atoms with E-state index in [-0.39, 0.29) is 19.1 Å². The van der Waals surface area contributed by atoms with E-state index in [4.69, 9.17) is 0 Å². The van der Waals surface area contributed by atoms with Crippen LogP contribution in [0.1, 0.15) is 16.2 Å². The van der Waals surface area contributed by atoms with Crippen LogP contribution < -0.4 is 5.32 Å². The number of nitrogens with zero attached hydrogens (tertiary/aromatic N) is 5. The number of anilines is 2. The van der Waals surface area contributed by atoms with Crippen LogP contribution in [0.25, 0.3) is 0 Å². The molecule has 26 heavy (non-hydrogen) atoms. The van der Waals surface area contributed by atoms with Gasteiger partial charge in [0.05, 0.1) is 18.7 Å². The van der Waals surface area contributed by atoms with Crippen LogP contribution in [0.5, 0.6) is 0 Å². The second kappa shape index (κ2) is 8.21. The second-order valence-corrected chi connectivity index (χ2v) is 5.69. The topological polar surface area (TPSA) is 96.2 Å². The standard InChI is InChI=1S/C18H20N6O2/c1-23-8-7-19-16(23)13-24(9-10-25)17(26)14-11-20-18(21-12-14)22-15-5-3-2-4-6-15/h2-8,11-12,25H,9-10,13H2,1H3,(H,20,21,22). The molecule has 1 aromatic carbocycles. The van der Waals surface area contributed by atoms with Crippen LogP contribution in [0.2, 0.25) is 0 Å². The van der Waals surface area contributed by atoms with Crippen LogP contribution in [-0.4, -0.2) is 48.6 Å². The third kappa shape index (κ3) is 4.22. The average molecular weight is 352 g/mol. The number of para-hydroxylation sites is 1. The van der Waals surface area contributed by atoms with Gasteiger partial charge in [0, 0.05) is 44.1 Å². The van der Waals surface area contributed by atoms with E-state index in [9.17, 15) is 9.90 Å². The molecule has 0 spiro atoms. The summed E-state index contributed by atoms with van der Waals surface area (Å²) < 4.78 is 1.83. The SMILES string of the molecule is Cn1ccnc1CN(CCO)C(=O)c1cnc(Nc2ccccc2)nc1. The summed E-state index contributed by atoms with van der Waals surface area (Å²) in [5, 5.41) is 12.3. The molecule has 0 unspecified atom stereocenters. The summed E-state index contributed by atoms with van der Waals surface area (Å²) in [6.45, 7) is 0.368. The normalized spacial score (nSPS) is 10.5. The summed E-state index contributed by atoms with van der Waals surface area (Å²) in [4.78, 5) is 26.9. The van der Waals surface area contributed by atoms with Crippen molar-refractivity contribution in [1.29, 1.82) is 0 Å². The molecule has 1 amide bonds. The van der Waals surface area contributed by atoms with Gasteiger partial charge in [-0.25, -0.2) is 15.0 Å². The van der Waals surface area contributed by atoms with Crippen molar-refractivity contribution in [3.8, 4) is 0 Å². The van der Waals surface area contributed by atoms with Crippen molar-refractivity contribution in [2.45, 2.75) is 6.54 Å². The van der Waals surface area contributed by atoms with Gasteiger partial charge in [-0.3, -0.25) is 4.79 Å². The molecule has 3 aromatic rings. The minimum Gasteiger partial charge on any atom is -0.395 e. The monoisotopic (exact) mass is 352 g/mol. The number of hydrogen-bond acceptors (Lipinski definition) is 6. The van der Waals surface area contributed by atoms with Crippen LogP contribution in [0.3, 0.4) is 0 Å². The zero-order chi connectivity index (χ0) is 18.4. The number of carbonyl (C=O) groups is 1. The van der Waals surface area contributed by atoms with Crippen LogP contribution in [0.15, 0.2) is 55.1 Å². The highest BCUT2D eigenvalue weighted by molar-refractivity contribution is 5.93. The van der Waals surface area contributed by atoms with Gasteiger partial charge in [0.2, 0.25) is 5.95 Å². The van der Waals surface area contributed by atoms with Gasteiger partial charge in [0.1, 0.15) is 5.82 Å². The molecule has 0 fully saturated rings. The van der Waals surface area contributed by atoms with Crippen LogP contribution in [0.4, 0.5) is 11.6 Å². The zero-order valence-electron chi connectivity index (χ0n) is 14.4. The van der Waals surface area contributed by atoms with Gasteiger partial charge in [-0.05, 0) is 12.1 Å².